The zero-order chi connectivity index (χ0) is 13.5. The molecule has 4 N–H and O–H groups in total. The summed E-state index contributed by atoms with van der Waals surface area (Å²) in [5, 5.41) is 5.93. The summed E-state index contributed by atoms with van der Waals surface area (Å²) < 4.78 is 0. The van der Waals surface area contributed by atoms with Crippen LogP contribution in [0.25, 0.3) is 0 Å². The number of amides is 2. The number of urea groups is 1. The van der Waals surface area contributed by atoms with Crippen molar-refractivity contribution in [2.75, 3.05) is 6.54 Å². The molecule has 104 valence electrons. The number of carbonyl (C=O) groups excluding carboxylic acids is 1. The molecule has 0 bridgehead atoms. The Morgan fingerprint density at radius 1 is 1.16 bits per heavy atom. The van der Waals surface area contributed by atoms with Gasteiger partial charge in [0.05, 0.1) is 0 Å². The molecule has 4 nitrogen and oxygen atoms in total. The van der Waals surface area contributed by atoms with Gasteiger partial charge in [0.25, 0.3) is 0 Å². The van der Waals surface area contributed by atoms with Gasteiger partial charge in [-0.05, 0) is 37.7 Å². The van der Waals surface area contributed by atoms with Crippen molar-refractivity contribution in [1.82, 2.24) is 10.6 Å². The van der Waals surface area contributed by atoms with E-state index in [-0.39, 0.29) is 12.1 Å². The molecule has 0 radical (unpaired) electrons. The summed E-state index contributed by atoms with van der Waals surface area (Å²) in [5.41, 5.74) is 7.09. The highest BCUT2D eigenvalue weighted by Crippen LogP contribution is 2.16. The third-order valence-electron chi connectivity index (χ3n) is 3.65. The molecule has 0 aliphatic heterocycles. The number of rotatable bonds is 4. The first kappa shape index (κ1) is 13.9. The average molecular weight is 261 g/mol. The predicted molar refractivity (Wildman–Crippen MR) is 76.9 cm³/mol. The highest BCUT2D eigenvalue weighted by atomic mass is 16.2. The molecule has 0 unspecified atom stereocenters. The van der Waals surface area contributed by atoms with Gasteiger partial charge in [0.15, 0.2) is 0 Å². The molecular weight excluding hydrogens is 238 g/mol. The fraction of sp³-hybridized carbons (Fsp3) is 0.533. The number of benzene rings is 1. The molecule has 0 aromatic heterocycles. The van der Waals surface area contributed by atoms with Gasteiger partial charge in [0.1, 0.15) is 0 Å². The summed E-state index contributed by atoms with van der Waals surface area (Å²) in [7, 11) is 0. The molecule has 1 saturated carbocycles. The van der Waals surface area contributed by atoms with Crippen LogP contribution in [0.15, 0.2) is 30.3 Å². The van der Waals surface area contributed by atoms with E-state index in [1.54, 1.807) is 0 Å². The Kier molecular flexibility index (Phi) is 5.21. The Bertz CT molecular complexity index is 386. The molecule has 1 aromatic carbocycles. The number of nitrogens with two attached hydrogens (primary N) is 1. The molecule has 0 saturated heterocycles. The molecule has 4 heteroatoms. The van der Waals surface area contributed by atoms with E-state index in [0.29, 0.717) is 12.6 Å². The van der Waals surface area contributed by atoms with Gasteiger partial charge in [-0.3, -0.25) is 0 Å². The van der Waals surface area contributed by atoms with Gasteiger partial charge in [-0.1, -0.05) is 30.3 Å². The van der Waals surface area contributed by atoms with Crippen LogP contribution in [0.5, 0.6) is 0 Å². The van der Waals surface area contributed by atoms with Crippen molar-refractivity contribution < 1.29 is 4.79 Å². The topological polar surface area (TPSA) is 67.1 Å². The maximum Gasteiger partial charge on any atom is 0.315 e. The number of hydrogen-bond donors (Lipinski definition) is 3. The summed E-state index contributed by atoms with van der Waals surface area (Å²) in [6.07, 6.45) is 4.87. The van der Waals surface area contributed by atoms with Crippen molar-refractivity contribution in [2.24, 2.45) is 5.73 Å². The van der Waals surface area contributed by atoms with Crippen LogP contribution in [0.2, 0.25) is 0 Å². The second-order valence-electron chi connectivity index (χ2n) is 5.25. The Balaban J connectivity index is 1.62. The fourth-order valence-corrected chi connectivity index (χ4v) is 2.47. The van der Waals surface area contributed by atoms with Crippen molar-refractivity contribution in [1.29, 1.82) is 0 Å². The van der Waals surface area contributed by atoms with Crippen LogP contribution in [-0.2, 0) is 6.42 Å². The molecule has 19 heavy (non-hydrogen) atoms. The molecule has 1 fully saturated rings. The first-order valence-corrected chi connectivity index (χ1v) is 7.08. The lowest BCUT2D eigenvalue weighted by molar-refractivity contribution is 0.231. The third kappa shape index (κ3) is 4.91. The number of hydrogen-bond acceptors (Lipinski definition) is 2. The lowest BCUT2D eigenvalue weighted by Gasteiger charge is -2.26. The SMILES string of the molecule is NC1CCC(NC(=O)NCCc2ccccc2)CC1. The van der Waals surface area contributed by atoms with Crippen molar-refractivity contribution in [3.8, 4) is 0 Å². The predicted octanol–water partition coefficient (Wildman–Crippen LogP) is 1.80. The average Bonchev–Trinajstić information content (AvgIpc) is 2.43. The number of nitrogens with one attached hydrogen (secondary N) is 2. The monoisotopic (exact) mass is 261 g/mol. The normalized spacial score (nSPS) is 22.8. The van der Waals surface area contributed by atoms with E-state index < -0.39 is 0 Å². The van der Waals surface area contributed by atoms with Gasteiger partial charge in [-0.2, -0.15) is 0 Å². The third-order valence-corrected chi connectivity index (χ3v) is 3.65. The summed E-state index contributed by atoms with van der Waals surface area (Å²) in [6, 6.07) is 10.7. The van der Waals surface area contributed by atoms with Gasteiger partial charge in [-0.25, -0.2) is 4.79 Å². The second kappa shape index (κ2) is 7.14. The van der Waals surface area contributed by atoms with Gasteiger partial charge in [0.2, 0.25) is 0 Å². The van der Waals surface area contributed by atoms with Crippen LogP contribution in [-0.4, -0.2) is 24.7 Å². The second-order valence-corrected chi connectivity index (χ2v) is 5.25. The zero-order valence-corrected chi connectivity index (χ0v) is 11.3. The highest BCUT2D eigenvalue weighted by Gasteiger charge is 2.19. The van der Waals surface area contributed by atoms with Crippen LogP contribution in [0.1, 0.15) is 31.2 Å². The van der Waals surface area contributed by atoms with E-state index in [1.165, 1.54) is 5.56 Å². The minimum Gasteiger partial charge on any atom is -0.338 e. The molecule has 1 aliphatic carbocycles. The molecule has 0 atom stereocenters. The van der Waals surface area contributed by atoms with Crippen LogP contribution in [0, 0.1) is 0 Å². The standard InChI is InChI=1S/C15H23N3O/c16-13-6-8-14(9-7-13)18-15(19)17-11-10-12-4-2-1-3-5-12/h1-5,13-14H,6-11,16H2,(H2,17,18,19). The summed E-state index contributed by atoms with van der Waals surface area (Å²) >= 11 is 0. The Labute approximate surface area is 114 Å². The maximum absolute atomic E-state index is 11.7. The van der Waals surface area contributed by atoms with E-state index in [9.17, 15) is 4.79 Å². The van der Waals surface area contributed by atoms with Crippen molar-refractivity contribution in [3.63, 3.8) is 0 Å². The van der Waals surface area contributed by atoms with E-state index in [1.807, 2.05) is 18.2 Å². The van der Waals surface area contributed by atoms with E-state index >= 15 is 0 Å². The minimum atomic E-state index is -0.0589. The van der Waals surface area contributed by atoms with Crippen LogP contribution < -0.4 is 16.4 Å². The molecule has 1 aromatic rings. The first-order chi connectivity index (χ1) is 9.24. The quantitative estimate of drug-likeness (QED) is 0.773. The summed E-state index contributed by atoms with van der Waals surface area (Å²) in [5.74, 6) is 0. The summed E-state index contributed by atoms with van der Waals surface area (Å²) in [6.45, 7) is 0.669. The summed E-state index contributed by atoms with van der Waals surface area (Å²) in [4.78, 5) is 11.7. The van der Waals surface area contributed by atoms with Crippen LogP contribution >= 0.6 is 0 Å². The molecule has 0 heterocycles. The Morgan fingerprint density at radius 3 is 2.53 bits per heavy atom. The molecule has 2 rings (SSSR count). The van der Waals surface area contributed by atoms with Crippen LogP contribution in [0.4, 0.5) is 4.79 Å². The van der Waals surface area contributed by atoms with Gasteiger partial charge < -0.3 is 16.4 Å². The zero-order valence-electron chi connectivity index (χ0n) is 11.3. The lowest BCUT2D eigenvalue weighted by Crippen LogP contribution is -2.45. The first-order valence-electron chi connectivity index (χ1n) is 7.08. The van der Waals surface area contributed by atoms with Crippen molar-refractivity contribution >= 4 is 6.03 Å². The van der Waals surface area contributed by atoms with Crippen LogP contribution in [0.3, 0.4) is 0 Å². The van der Waals surface area contributed by atoms with E-state index in [2.05, 4.69) is 22.8 Å². The highest BCUT2D eigenvalue weighted by molar-refractivity contribution is 5.74. The minimum absolute atomic E-state index is 0.0589. The Morgan fingerprint density at radius 2 is 1.84 bits per heavy atom. The van der Waals surface area contributed by atoms with Crippen molar-refractivity contribution in [2.45, 2.75) is 44.2 Å². The molecule has 1 aliphatic rings. The largest absolute Gasteiger partial charge is 0.338 e. The van der Waals surface area contributed by atoms with Crippen molar-refractivity contribution in [3.05, 3.63) is 35.9 Å². The fourth-order valence-electron chi connectivity index (χ4n) is 2.47. The van der Waals surface area contributed by atoms with E-state index in [0.717, 1.165) is 32.1 Å². The molecule has 2 amide bonds. The lowest BCUT2D eigenvalue weighted by atomic mass is 9.92. The van der Waals surface area contributed by atoms with E-state index in [4.69, 9.17) is 5.73 Å². The molecular formula is C15H23N3O. The maximum atomic E-state index is 11.7. The van der Waals surface area contributed by atoms with Gasteiger partial charge in [0, 0.05) is 18.6 Å². The molecule has 0 spiro atoms. The smallest absolute Gasteiger partial charge is 0.315 e. The number of carbonyl (C=O) groups is 1. The Hall–Kier alpha value is -1.55. The van der Waals surface area contributed by atoms with Gasteiger partial charge >= 0.3 is 6.03 Å². The van der Waals surface area contributed by atoms with Gasteiger partial charge in [-0.15, -0.1) is 0 Å².